The van der Waals surface area contributed by atoms with Crippen molar-refractivity contribution in [3.8, 4) is 11.1 Å². The van der Waals surface area contributed by atoms with Gasteiger partial charge >= 0.3 is 18.3 Å². The molecule has 4 rings (SSSR count). The van der Waals surface area contributed by atoms with E-state index in [0.717, 1.165) is 61.5 Å². The highest BCUT2D eigenvalue weighted by atomic mass is 19.4. The minimum absolute atomic E-state index is 0.0124. The molecule has 6 nitrogen and oxygen atoms in total. The molecule has 0 atom stereocenters. The number of carboxylic acid groups (broad SMARTS) is 1. The Morgan fingerprint density at radius 3 is 1.95 bits per heavy atom. The van der Waals surface area contributed by atoms with Gasteiger partial charge in [0.1, 0.15) is 0 Å². The lowest BCUT2D eigenvalue weighted by atomic mass is 10.0. The van der Waals surface area contributed by atoms with Crippen LogP contribution in [0, 0.1) is 0 Å². The van der Waals surface area contributed by atoms with Gasteiger partial charge in [-0.15, -0.1) is 0 Å². The first kappa shape index (κ1) is 30.6. The molecule has 1 aliphatic heterocycles. The fourth-order valence-electron chi connectivity index (χ4n) is 3.96. The Morgan fingerprint density at radius 1 is 0.825 bits per heavy atom. The first-order chi connectivity index (χ1) is 18.8. The lowest BCUT2D eigenvalue weighted by Crippen LogP contribution is -2.42. The van der Waals surface area contributed by atoms with E-state index in [4.69, 9.17) is 9.90 Å². The fourth-order valence-corrected chi connectivity index (χ4v) is 3.96. The molecule has 1 aliphatic rings. The number of alkyl halides is 6. The molecule has 214 valence electrons. The quantitative estimate of drug-likeness (QED) is 0.351. The molecule has 1 saturated heterocycles. The Morgan fingerprint density at radius 2 is 1.38 bits per heavy atom. The number of benzene rings is 3. The summed E-state index contributed by atoms with van der Waals surface area (Å²) in [6.07, 6.45) is -9.57. The molecule has 0 unspecified atom stereocenters. The normalized spacial score (nSPS) is 14.2. The average Bonchev–Trinajstić information content (AvgIpc) is 2.92. The molecule has 1 heterocycles. The Bertz CT molecular complexity index is 1300. The molecule has 0 spiro atoms. The second-order valence-corrected chi connectivity index (χ2v) is 8.99. The highest BCUT2D eigenvalue weighted by Crippen LogP contribution is 2.29. The molecule has 0 aromatic heterocycles. The molecule has 0 bridgehead atoms. The van der Waals surface area contributed by atoms with Crippen LogP contribution in [0.15, 0.2) is 72.8 Å². The zero-order valence-corrected chi connectivity index (χ0v) is 21.1. The van der Waals surface area contributed by atoms with Crippen molar-refractivity contribution < 1.29 is 41.0 Å². The third-order valence-corrected chi connectivity index (χ3v) is 5.95. The van der Waals surface area contributed by atoms with Crippen LogP contribution < -0.4 is 10.6 Å². The summed E-state index contributed by atoms with van der Waals surface area (Å²) in [5.41, 5.74) is 3.40. The summed E-state index contributed by atoms with van der Waals surface area (Å²) >= 11 is 0. The highest BCUT2D eigenvalue weighted by Gasteiger charge is 2.38. The van der Waals surface area contributed by atoms with Gasteiger partial charge in [0, 0.05) is 44.8 Å². The lowest BCUT2D eigenvalue weighted by molar-refractivity contribution is -0.192. The van der Waals surface area contributed by atoms with Gasteiger partial charge in [-0.3, -0.25) is 9.69 Å². The minimum Gasteiger partial charge on any atom is -0.475 e. The van der Waals surface area contributed by atoms with Crippen LogP contribution in [0.5, 0.6) is 0 Å². The number of nitrogens with one attached hydrogen (secondary N) is 2. The summed E-state index contributed by atoms with van der Waals surface area (Å²) in [7, 11) is 0. The smallest absolute Gasteiger partial charge is 0.475 e. The molecular weight excluding hydrogens is 540 g/mol. The van der Waals surface area contributed by atoms with E-state index < -0.39 is 29.8 Å². The summed E-state index contributed by atoms with van der Waals surface area (Å²) in [6.45, 7) is 5.21. The third kappa shape index (κ3) is 9.38. The molecule has 0 radical (unpaired) electrons. The zero-order chi connectivity index (χ0) is 29.3. The van der Waals surface area contributed by atoms with Crippen LogP contribution in [0.1, 0.15) is 27.0 Å². The zero-order valence-electron chi connectivity index (χ0n) is 21.1. The summed E-state index contributed by atoms with van der Waals surface area (Å²) in [5, 5.41) is 13.2. The summed E-state index contributed by atoms with van der Waals surface area (Å²) in [6, 6.07) is 20.7. The molecule has 40 heavy (non-hydrogen) atoms. The van der Waals surface area contributed by atoms with Crippen LogP contribution in [0.25, 0.3) is 11.1 Å². The maximum absolute atomic E-state index is 12.9. The number of carbonyl (C=O) groups excluding carboxylic acids is 1. The van der Waals surface area contributed by atoms with Crippen molar-refractivity contribution in [3.05, 3.63) is 95.1 Å². The number of carboxylic acids is 1. The fraction of sp³-hybridized carbons (Fsp3) is 0.286. The van der Waals surface area contributed by atoms with Crippen molar-refractivity contribution in [2.45, 2.75) is 25.4 Å². The predicted molar refractivity (Wildman–Crippen MR) is 136 cm³/mol. The molecule has 3 N–H and O–H groups in total. The van der Waals surface area contributed by atoms with Gasteiger partial charge in [0.05, 0.1) is 5.56 Å². The number of hydrogen-bond acceptors (Lipinski definition) is 4. The molecule has 0 saturated carbocycles. The summed E-state index contributed by atoms with van der Waals surface area (Å²) in [5.74, 6) is -3.29. The van der Waals surface area contributed by atoms with Crippen molar-refractivity contribution in [1.29, 1.82) is 0 Å². The molecule has 1 fully saturated rings. The molecule has 0 aliphatic carbocycles. The van der Waals surface area contributed by atoms with Crippen molar-refractivity contribution in [2.24, 2.45) is 0 Å². The van der Waals surface area contributed by atoms with Gasteiger partial charge < -0.3 is 15.7 Å². The molecule has 1 amide bonds. The van der Waals surface area contributed by atoms with Gasteiger partial charge in [-0.25, -0.2) is 4.79 Å². The van der Waals surface area contributed by atoms with E-state index in [1.54, 1.807) is 0 Å². The van der Waals surface area contributed by atoms with Crippen LogP contribution in [0.2, 0.25) is 0 Å². The summed E-state index contributed by atoms with van der Waals surface area (Å²) in [4.78, 5) is 23.7. The Labute approximate surface area is 226 Å². The predicted octanol–water partition coefficient (Wildman–Crippen LogP) is 5.34. The number of nitrogens with zero attached hydrogens (tertiary/aromatic N) is 1. The second-order valence-electron chi connectivity index (χ2n) is 8.99. The Hall–Kier alpha value is -3.90. The third-order valence-electron chi connectivity index (χ3n) is 5.95. The van der Waals surface area contributed by atoms with Crippen molar-refractivity contribution in [3.63, 3.8) is 0 Å². The van der Waals surface area contributed by atoms with Crippen molar-refractivity contribution in [1.82, 2.24) is 15.5 Å². The monoisotopic (exact) mass is 567 g/mol. The summed E-state index contributed by atoms with van der Waals surface area (Å²) < 4.78 is 70.5. The van der Waals surface area contributed by atoms with Crippen LogP contribution in [0.4, 0.5) is 26.3 Å². The lowest BCUT2D eigenvalue weighted by Gasteiger charge is -2.27. The van der Waals surface area contributed by atoms with Crippen LogP contribution in [0.3, 0.4) is 0 Å². The maximum Gasteiger partial charge on any atom is 0.490 e. The largest absolute Gasteiger partial charge is 0.490 e. The molecular formula is C28H27F6N3O3. The number of piperazine rings is 1. The van der Waals surface area contributed by atoms with E-state index >= 15 is 0 Å². The van der Waals surface area contributed by atoms with Crippen LogP contribution >= 0.6 is 0 Å². The van der Waals surface area contributed by atoms with Crippen LogP contribution in [-0.2, 0) is 24.1 Å². The number of halogens is 6. The van der Waals surface area contributed by atoms with E-state index in [2.05, 4.69) is 39.8 Å². The second kappa shape index (κ2) is 13.4. The first-order valence-electron chi connectivity index (χ1n) is 12.2. The van der Waals surface area contributed by atoms with E-state index in [0.29, 0.717) is 0 Å². The van der Waals surface area contributed by atoms with E-state index in [1.165, 1.54) is 17.7 Å². The standard InChI is InChI=1S/C26H26F3N3O.C2HF3O2/c27-26(28,29)24-9-3-8-23(16-24)25(33)31-17-19-4-1-6-21(14-19)22-7-2-5-20(15-22)18-32-12-10-30-11-13-32;3-2(4,5)1(6)7/h1-9,14-16,30H,10-13,17-18H2,(H,31,33);(H,6,7). The van der Waals surface area contributed by atoms with Gasteiger partial charge in [-0.2, -0.15) is 26.3 Å². The van der Waals surface area contributed by atoms with Gasteiger partial charge in [0.2, 0.25) is 0 Å². The molecule has 3 aromatic rings. The SMILES string of the molecule is O=C(NCc1cccc(-c2cccc(CN3CCNCC3)c2)c1)c1cccc(C(F)(F)F)c1.O=C(O)C(F)(F)F. The highest BCUT2D eigenvalue weighted by molar-refractivity contribution is 5.94. The van der Waals surface area contributed by atoms with Gasteiger partial charge in [-0.1, -0.05) is 42.5 Å². The molecule has 3 aromatic carbocycles. The number of carbonyl (C=O) groups is 2. The number of rotatable bonds is 6. The van der Waals surface area contributed by atoms with E-state index in [-0.39, 0.29) is 12.1 Å². The van der Waals surface area contributed by atoms with Crippen molar-refractivity contribution in [2.75, 3.05) is 26.2 Å². The maximum atomic E-state index is 12.9. The average molecular weight is 568 g/mol. The topological polar surface area (TPSA) is 81.7 Å². The minimum atomic E-state index is -5.08. The number of amides is 1. The van der Waals surface area contributed by atoms with Gasteiger partial charge in [0.25, 0.3) is 5.91 Å². The van der Waals surface area contributed by atoms with Crippen LogP contribution in [-0.4, -0.2) is 54.2 Å². The van der Waals surface area contributed by atoms with Gasteiger partial charge in [0.15, 0.2) is 0 Å². The van der Waals surface area contributed by atoms with Gasteiger partial charge in [-0.05, 0) is 52.6 Å². The number of aliphatic carboxylic acids is 1. The number of hydrogen-bond donors (Lipinski definition) is 3. The molecule has 12 heteroatoms. The Balaban J connectivity index is 0.000000559. The van der Waals surface area contributed by atoms with E-state index in [1.807, 2.05) is 24.3 Å². The first-order valence-corrected chi connectivity index (χ1v) is 12.2. The van der Waals surface area contributed by atoms with E-state index in [9.17, 15) is 31.1 Å². The van der Waals surface area contributed by atoms with Crippen molar-refractivity contribution >= 4 is 11.9 Å². The Kier molecular flexibility index (Phi) is 10.3.